The highest BCUT2D eigenvalue weighted by atomic mass is 32.2. The summed E-state index contributed by atoms with van der Waals surface area (Å²) in [6.45, 7) is 10.4. The van der Waals surface area contributed by atoms with Gasteiger partial charge in [0.05, 0.1) is 37.2 Å². The van der Waals surface area contributed by atoms with Crippen molar-refractivity contribution in [2.75, 3.05) is 19.0 Å². The molecule has 0 saturated carbocycles. The molecule has 0 heterocycles. The Labute approximate surface area is 183 Å². The summed E-state index contributed by atoms with van der Waals surface area (Å²) in [5, 5.41) is 9.67. The van der Waals surface area contributed by atoms with Crippen LogP contribution >= 0.6 is 0 Å². The summed E-state index contributed by atoms with van der Waals surface area (Å²) in [6.07, 6.45) is 2.17. The van der Waals surface area contributed by atoms with E-state index in [4.69, 9.17) is 20.6 Å². The lowest BCUT2D eigenvalue weighted by Crippen LogP contribution is -2.08. The average Bonchev–Trinajstić information content (AvgIpc) is 2.76. The normalized spacial score (nSPS) is 11.7. The van der Waals surface area contributed by atoms with E-state index in [1.165, 1.54) is 0 Å². The van der Waals surface area contributed by atoms with Crippen molar-refractivity contribution in [2.45, 2.75) is 26.2 Å². The number of benzene rings is 2. The summed E-state index contributed by atoms with van der Waals surface area (Å²) < 4.78 is 41.2. The van der Waals surface area contributed by atoms with Gasteiger partial charge < -0.3 is 9.47 Å². The first-order valence-electron chi connectivity index (χ1n) is 9.81. The summed E-state index contributed by atoms with van der Waals surface area (Å²) in [4.78, 5) is 3.56. The molecule has 0 bridgehead atoms. The van der Waals surface area contributed by atoms with Crippen molar-refractivity contribution in [2.24, 2.45) is 0 Å². The van der Waals surface area contributed by atoms with Crippen LogP contribution < -0.4 is 9.47 Å². The van der Waals surface area contributed by atoms with Crippen molar-refractivity contribution < 1.29 is 22.4 Å². The van der Waals surface area contributed by atoms with Crippen molar-refractivity contribution in [1.82, 2.24) is 0 Å². The van der Waals surface area contributed by atoms with Crippen molar-refractivity contribution in [3.8, 4) is 17.6 Å². The minimum atomic E-state index is -4.01. The minimum Gasteiger partial charge on any atom is -0.494 e. The van der Waals surface area contributed by atoms with Crippen LogP contribution in [0.15, 0.2) is 48.5 Å². The lowest BCUT2D eigenvalue weighted by Gasteiger charge is -2.09. The van der Waals surface area contributed by atoms with Gasteiger partial charge in [0.15, 0.2) is 0 Å². The zero-order chi connectivity index (χ0) is 22.7. The number of hydrogen-bond acceptors (Lipinski definition) is 5. The van der Waals surface area contributed by atoms with Crippen LogP contribution in [0.3, 0.4) is 0 Å². The third-order valence-electron chi connectivity index (χ3n) is 4.31. The highest BCUT2D eigenvalue weighted by Crippen LogP contribution is 2.29. The fourth-order valence-corrected chi connectivity index (χ4v) is 3.19. The van der Waals surface area contributed by atoms with Crippen LogP contribution in [-0.2, 0) is 10.1 Å². The fraction of sp³-hybridized carbons (Fsp3) is 0.304. The molecule has 0 saturated heterocycles. The molecule has 0 unspecified atom stereocenters. The smallest absolute Gasteiger partial charge is 0.264 e. The van der Waals surface area contributed by atoms with Crippen LogP contribution in [0, 0.1) is 17.9 Å². The predicted octanol–water partition coefficient (Wildman–Crippen LogP) is 4.83. The van der Waals surface area contributed by atoms with E-state index >= 15 is 0 Å². The molecule has 162 valence electrons. The number of rotatable bonds is 11. The lowest BCUT2D eigenvalue weighted by molar-refractivity contribution is 0.309. The van der Waals surface area contributed by atoms with Crippen LogP contribution in [-0.4, -0.2) is 31.9 Å². The Hall–Kier alpha value is -3.33. The number of unbranched alkanes of at least 4 members (excludes halogenated alkanes) is 1. The monoisotopic (exact) mass is 440 g/mol. The molecule has 8 heteroatoms. The van der Waals surface area contributed by atoms with E-state index in [1.54, 1.807) is 48.5 Å². The van der Waals surface area contributed by atoms with Crippen LogP contribution in [0.5, 0.6) is 11.5 Å². The van der Waals surface area contributed by atoms with Gasteiger partial charge in [-0.05, 0) is 48.2 Å². The van der Waals surface area contributed by atoms with Gasteiger partial charge in [-0.3, -0.25) is 4.55 Å². The van der Waals surface area contributed by atoms with E-state index in [0.717, 1.165) is 12.8 Å². The maximum Gasteiger partial charge on any atom is 0.264 e. The summed E-state index contributed by atoms with van der Waals surface area (Å²) >= 11 is 0. The van der Waals surface area contributed by atoms with Crippen LogP contribution in [0.1, 0.15) is 37.3 Å². The third-order valence-corrected chi connectivity index (χ3v) is 5.12. The lowest BCUT2D eigenvalue weighted by atomic mass is 10.0. The largest absolute Gasteiger partial charge is 0.494 e. The number of nitrogens with zero attached hydrogens (tertiary/aromatic N) is 2. The Bertz CT molecular complexity index is 1080. The van der Waals surface area contributed by atoms with Crippen molar-refractivity contribution in [3.05, 3.63) is 71.1 Å². The van der Waals surface area contributed by atoms with Gasteiger partial charge in [0.2, 0.25) is 5.70 Å². The Kier molecular flexibility index (Phi) is 9.08. The molecule has 2 rings (SSSR count). The first kappa shape index (κ1) is 23.9. The number of nitriles is 1. The summed E-state index contributed by atoms with van der Waals surface area (Å²) in [6, 6.07) is 15.9. The first-order chi connectivity index (χ1) is 14.9. The zero-order valence-corrected chi connectivity index (χ0v) is 18.1. The predicted molar refractivity (Wildman–Crippen MR) is 119 cm³/mol. The van der Waals surface area contributed by atoms with Gasteiger partial charge >= 0.3 is 0 Å². The van der Waals surface area contributed by atoms with Crippen LogP contribution in [0.2, 0.25) is 0 Å². The van der Waals surface area contributed by atoms with Gasteiger partial charge in [0.1, 0.15) is 11.5 Å². The molecule has 0 spiro atoms. The molecule has 0 aliphatic heterocycles. The van der Waals surface area contributed by atoms with E-state index in [9.17, 15) is 13.7 Å². The Morgan fingerprint density at radius 3 is 1.97 bits per heavy atom. The molecule has 1 N–H and O–H groups in total. The third kappa shape index (κ3) is 7.78. The van der Waals surface area contributed by atoms with Gasteiger partial charge in [0.25, 0.3) is 10.1 Å². The van der Waals surface area contributed by atoms with Crippen LogP contribution in [0.4, 0.5) is 0 Å². The van der Waals surface area contributed by atoms with E-state index in [0.29, 0.717) is 29.2 Å². The Balaban J connectivity index is 2.14. The molecule has 7 nitrogen and oxygen atoms in total. The standard InChI is InChI=1S/C23H24N2O5S/c1-3-4-14-29-20-10-6-18(7-11-20)22(17-24)23(25-2)19-8-12-21(13-9-19)30-15-5-16-31(26,27)28/h6-13H,3-5,14-16H2,1H3,(H,26,27,28)/b23-22-. The minimum absolute atomic E-state index is 0.126. The second-order valence-corrected chi connectivity index (χ2v) is 8.26. The molecule has 31 heavy (non-hydrogen) atoms. The molecule has 0 radical (unpaired) electrons. The first-order valence-corrected chi connectivity index (χ1v) is 11.4. The van der Waals surface area contributed by atoms with E-state index in [-0.39, 0.29) is 30.1 Å². The summed E-state index contributed by atoms with van der Waals surface area (Å²) in [5.41, 5.74) is 1.68. The van der Waals surface area contributed by atoms with Crippen molar-refractivity contribution >= 4 is 21.4 Å². The molecule has 0 atom stereocenters. The highest BCUT2D eigenvalue weighted by molar-refractivity contribution is 7.85. The second kappa shape index (κ2) is 11.8. The summed E-state index contributed by atoms with van der Waals surface area (Å²) in [5.74, 6) is 0.841. The Morgan fingerprint density at radius 1 is 1.00 bits per heavy atom. The molecule has 2 aromatic rings. The quantitative estimate of drug-likeness (QED) is 0.176. The molecular formula is C23H24N2O5S. The number of allylic oxidation sites excluding steroid dienone is 1. The SMILES string of the molecule is [C-]#[N+]/C(=C(/C#N)c1ccc(OCCCC)cc1)c1ccc(OCCCS(=O)(=O)O)cc1. The van der Waals surface area contributed by atoms with E-state index in [1.807, 2.05) is 0 Å². The van der Waals surface area contributed by atoms with Crippen molar-refractivity contribution in [3.63, 3.8) is 0 Å². The highest BCUT2D eigenvalue weighted by Gasteiger charge is 2.13. The van der Waals surface area contributed by atoms with Gasteiger partial charge in [-0.2, -0.15) is 13.7 Å². The Morgan fingerprint density at radius 2 is 1.52 bits per heavy atom. The van der Waals surface area contributed by atoms with E-state index in [2.05, 4.69) is 17.8 Å². The van der Waals surface area contributed by atoms with Gasteiger partial charge in [-0.25, -0.2) is 4.85 Å². The maximum atomic E-state index is 10.7. The van der Waals surface area contributed by atoms with Crippen molar-refractivity contribution in [1.29, 1.82) is 5.26 Å². The topological polar surface area (TPSA) is 101 Å². The molecule has 2 aromatic carbocycles. The molecule has 0 aliphatic carbocycles. The van der Waals surface area contributed by atoms with Crippen LogP contribution in [0.25, 0.3) is 16.1 Å². The van der Waals surface area contributed by atoms with Gasteiger partial charge in [-0.1, -0.05) is 37.6 Å². The molecule has 0 amide bonds. The molecular weight excluding hydrogens is 416 g/mol. The van der Waals surface area contributed by atoms with Gasteiger partial charge in [-0.15, -0.1) is 0 Å². The molecule has 0 aliphatic rings. The number of ether oxygens (including phenoxy) is 2. The number of hydrogen-bond donors (Lipinski definition) is 1. The zero-order valence-electron chi connectivity index (χ0n) is 17.2. The van der Waals surface area contributed by atoms with Gasteiger partial charge in [0, 0.05) is 0 Å². The molecule has 0 fully saturated rings. The maximum absolute atomic E-state index is 10.7. The summed E-state index contributed by atoms with van der Waals surface area (Å²) in [7, 11) is -4.01. The molecule has 0 aromatic heterocycles. The average molecular weight is 441 g/mol. The second-order valence-electron chi connectivity index (χ2n) is 6.69. The fourth-order valence-electron chi connectivity index (χ4n) is 2.71. The van der Waals surface area contributed by atoms with E-state index < -0.39 is 10.1 Å².